The van der Waals surface area contributed by atoms with Gasteiger partial charge in [-0.2, -0.15) is 5.26 Å². The van der Waals surface area contributed by atoms with E-state index in [0.717, 1.165) is 19.2 Å². The van der Waals surface area contributed by atoms with Crippen LogP contribution in [0.1, 0.15) is 15.9 Å². The maximum absolute atomic E-state index is 13.1. The summed E-state index contributed by atoms with van der Waals surface area (Å²) in [6.45, 7) is 0. The minimum atomic E-state index is -0.901. The average molecular weight is 195 g/mol. The third-order valence-electron chi connectivity index (χ3n) is 1.61. The summed E-state index contributed by atoms with van der Waals surface area (Å²) in [5, 5.41) is 17.6. The van der Waals surface area contributed by atoms with Crippen molar-refractivity contribution in [2.75, 3.05) is 7.11 Å². The Morgan fingerprint density at radius 2 is 2.29 bits per heavy atom. The van der Waals surface area contributed by atoms with E-state index in [1.807, 2.05) is 0 Å². The monoisotopic (exact) mass is 195 g/mol. The van der Waals surface area contributed by atoms with E-state index in [2.05, 4.69) is 4.74 Å². The van der Waals surface area contributed by atoms with Crippen LogP contribution in [0.15, 0.2) is 12.1 Å². The molecular weight excluding hydrogens is 189 g/mol. The summed E-state index contributed by atoms with van der Waals surface area (Å²) in [5.74, 6) is -2.25. The first-order valence-corrected chi connectivity index (χ1v) is 3.61. The number of esters is 1. The largest absolute Gasteiger partial charge is 0.507 e. The van der Waals surface area contributed by atoms with Gasteiger partial charge in [-0.3, -0.25) is 0 Å². The van der Waals surface area contributed by atoms with E-state index < -0.39 is 23.1 Å². The molecule has 0 bridgehead atoms. The molecule has 0 aliphatic rings. The Kier molecular flexibility index (Phi) is 2.67. The van der Waals surface area contributed by atoms with E-state index in [4.69, 9.17) is 10.4 Å². The number of benzene rings is 1. The van der Waals surface area contributed by atoms with Crippen molar-refractivity contribution >= 4 is 5.97 Å². The lowest BCUT2D eigenvalue weighted by atomic mass is 10.1. The van der Waals surface area contributed by atoms with Crippen LogP contribution in [0.3, 0.4) is 0 Å². The number of nitriles is 1. The number of carbonyl (C=O) groups is 1. The molecule has 0 amide bonds. The summed E-state index contributed by atoms with van der Waals surface area (Å²) in [6, 6.07) is 3.22. The zero-order chi connectivity index (χ0) is 10.7. The quantitative estimate of drug-likeness (QED) is 0.683. The second kappa shape index (κ2) is 3.75. The van der Waals surface area contributed by atoms with Gasteiger partial charge in [0.25, 0.3) is 0 Å². The number of methoxy groups -OCH3 is 1. The Bertz CT molecular complexity index is 423. The van der Waals surface area contributed by atoms with Gasteiger partial charge in [-0.15, -0.1) is 0 Å². The fourth-order valence-corrected chi connectivity index (χ4v) is 0.918. The summed E-state index contributed by atoms with van der Waals surface area (Å²) in [4.78, 5) is 10.9. The van der Waals surface area contributed by atoms with Crippen LogP contribution in [-0.2, 0) is 4.74 Å². The van der Waals surface area contributed by atoms with E-state index in [1.165, 1.54) is 0 Å². The summed E-state index contributed by atoms with van der Waals surface area (Å²) < 4.78 is 17.4. The molecule has 0 unspecified atom stereocenters. The Labute approximate surface area is 79.2 Å². The summed E-state index contributed by atoms with van der Waals surface area (Å²) >= 11 is 0. The van der Waals surface area contributed by atoms with E-state index >= 15 is 0 Å². The van der Waals surface area contributed by atoms with Crippen LogP contribution >= 0.6 is 0 Å². The fourth-order valence-electron chi connectivity index (χ4n) is 0.918. The van der Waals surface area contributed by atoms with E-state index in [9.17, 15) is 9.18 Å². The smallest absolute Gasteiger partial charge is 0.340 e. The third-order valence-corrected chi connectivity index (χ3v) is 1.61. The summed E-state index contributed by atoms with van der Waals surface area (Å²) in [6.07, 6.45) is 0. The molecule has 1 rings (SSSR count). The molecule has 0 aliphatic heterocycles. The predicted molar refractivity (Wildman–Crippen MR) is 44.1 cm³/mol. The second-order valence-corrected chi connectivity index (χ2v) is 2.45. The van der Waals surface area contributed by atoms with E-state index in [0.29, 0.717) is 0 Å². The van der Waals surface area contributed by atoms with Gasteiger partial charge >= 0.3 is 5.97 Å². The molecule has 1 N–H and O–H groups in total. The number of halogens is 1. The number of carbonyl (C=O) groups excluding carboxylic acids is 1. The van der Waals surface area contributed by atoms with Crippen LogP contribution in [0.5, 0.6) is 5.75 Å². The molecule has 0 aromatic heterocycles. The van der Waals surface area contributed by atoms with Crippen molar-refractivity contribution in [1.29, 1.82) is 5.26 Å². The fraction of sp³-hybridized carbons (Fsp3) is 0.111. The van der Waals surface area contributed by atoms with Crippen molar-refractivity contribution in [3.63, 3.8) is 0 Å². The number of hydrogen-bond acceptors (Lipinski definition) is 4. The number of aromatic hydroxyl groups is 1. The minimum absolute atomic E-state index is 0.227. The molecule has 0 heterocycles. The van der Waals surface area contributed by atoms with Crippen LogP contribution < -0.4 is 0 Å². The topological polar surface area (TPSA) is 70.3 Å². The third kappa shape index (κ3) is 1.64. The molecule has 72 valence electrons. The van der Waals surface area contributed by atoms with Gasteiger partial charge in [-0.1, -0.05) is 0 Å². The Morgan fingerprint density at radius 1 is 1.64 bits per heavy atom. The van der Waals surface area contributed by atoms with Crippen LogP contribution in [0.4, 0.5) is 4.39 Å². The second-order valence-electron chi connectivity index (χ2n) is 2.45. The SMILES string of the molecule is COC(=O)c1cc(O)c(C#N)cc1F. The number of phenolic OH excluding ortho intramolecular Hbond substituents is 1. The first-order chi connectivity index (χ1) is 6.60. The number of phenols is 1. The van der Waals surface area contributed by atoms with Gasteiger partial charge in [0.15, 0.2) is 0 Å². The summed E-state index contributed by atoms with van der Waals surface area (Å²) in [5.41, 5.74) is -0.626. The van der Waals surface area contributed by atoms with Crippen LogP contribution in [0.2, 0.25) is 0 Å². The minimum Gasteiger partial charge on any atom is -0.507 e. The van der Waals surface area contributed by atoms with Crippen molar-refractivity contribution < 1.29 is 19.0 Å². The molecule has 0 radical (unpaired) electrons. The molecule has 0 fully saturated rings. The van der Waals surface area contributed by atoms with Gasteiger partial charge in [-0.05, 0) is 12.1 Å². The molecule has 1 aromatic rings. The average Bonchev–Trinajstić information content (AvgIpc) is 2.19. The van der Waals surface area contributed by atoms with Gasteiger partial charge < -0.3 is 9.84 Å². The van der Waals surface area contributed by atoms with Crippen molar-refractivity contribution in [3.05, 3.63) is 29.1 Å². The first-order valence-electron chi connectivity index (χ1n) is 3.61. The van der Waals surface area contributed by atoms with E-state index in [-0.39, 0.29) is 5.56 Å². The Hall–Kier alpha value is -2.09. The zero-order valence-corrected chi connectivity index (χ0v) is 7.24. The lowest BCUT2D eigenvalue weighted by Crippen LogP contribution is -2.04. The Morgan fingerprint density at radius 3 is 2.79 bits per heavy atom. The first kappa shape index (κ1) is 9.99. The molecule has 4 nitrogen and oxygen atoms in total. The molecule has 0 atom stereocenters. The highest BCUT2D eigenvalue weighted by Gasteiger charge is 2.15. The van der Waals surface area contributed by atoms with Crippen LogP contribution in [0.25, 0.3) is 0 Å². The maximum Gasteiger partial charge on any atom is 0.340 e. The molecule has 5 heteroatoms. The highest BCUT2D eigenvalue weighted by molar-refractivity contribution is 5.90. The zero-order valence-electron chi connectivity index (χ0n) is 7.24. The molecule has 1 aromatic carbocycles. The van der Waals surface area contributed by atoms with Crippen molar-refractivity contribution in [2.24, 2.45) is 0 Å². The Balaban J connectivity index is 3.30. The molecule has 0 aliphatic carbocycles. The van der Waals surface area contributed by atoms with Gasteiger partial charge in [0, 0.05) is 0 Å². The lowest BCUT2D eigenvalue weighted by Gasteiger charge is -2.02. The standard InChI is InChI=1S/C9H6FNO3/c1-14-9(13)6-3-8(12)5(4-11)2-7(6)10/h2-3,12H,1H3. The highest BCUT2D eigenvalue weighted by atomic mass is 19.1. The number of nitrogens with zero attached hydrogens (tertiary/aromatic N) is 1. The van der Waals surface area contributed by atoms with Gasteiger partial charge in [0.05, 0.1) is 18.2 Å². The number of hydrogen-bond donors (Lipinski definition) is 1. The molecular formula is C9H6FNO3. The van der Waals surface area contributed by atoms with Crippen molar-refractivity contribution in [2.45, 2.75) is 0 Å². The molecule has 0 spiro atoms. The molecule has 14 heavy (non-hydrogen) atoms. The highest BCUT2D eigenvalue weighted by Crippen LogP contribution is 2.21. The van der Waals surface area contributed by atoms with E-state index in [1.54, 1.807) is 6.07 Å². The van der Waals surface area contributed by atoms with Crippen LogP contribution in [-0.4, -0.2) is 18.2 Å². The normalized spacial score (nSPS) is 9.21. The summed E-state index contributed by atoms with van der Waals surface area (Å²) in [7, 11) is 1.09. The van der Waals surface area contributed by atoms with Crippen molar-refractivity contribution in [1.82, 2.24) is 0 Å². The molecule has 0 saturated carbocycles. The number of rotatable bonds is 1. The predicted octanol–water partition coefficient (Wildman–Crippen LogP) is 1.19. The number of ether oxygens (including phenoxy) is 1. The van der Waals surface area contributed by atoms with Gasteiger partial charge in [0.2, 0.25) is 0 Å². The van der Waals surface area contributed by atoms with Crippen molar-refractivity contribution in [3.8, 4) is 11.8 Å². The lowest BCUT2D eigenvalue weighted by molar-refractivity contribution is 0.0595. The maximum atomic E-state index is 13.1. The van der Waals surface area contributed by atoms with Gasteiger partial charge in [-0.25, -0.2) is 9.18 Å². The molecule has 0 saturated heterocycles. The van der Waals surface area contributed by atoms with Crippen LogP contribution in [0, 0.1) is 17.1 Å². The van der Waals surface area contributed by atoms with Gasteiger partial charge in [0.1, 0.15) is 17.6 Å².